The lowest BCUT2D eigenvalue weighted by Gasteiger charge is -2.38. The average Bonchev–Trinajstić information content (AvgIpc) is 2.63. The zero-order chi connectivity index (χ0) is 16.9. The largest absolute Gasteiger partial charge is 0.496 e. The predicted octanol–water partition coefficient (Wildman–Crippen LogP) is 3.30. The summed E-state index contributed by atoms with van der Waals surface area (Å²) in [5.41, 5.74) is 2.49. The Morgan fingerprint density at radius 2 is 1.83 bits per heavy atom. The summed E-state index contributed by atoms with van der Waals surface area (Å²) in [6.45, 7) is 1.22. The summed E-state index contributed by atoms with van der Waals surface area (Å²) in [6, 6.07) is 15.4. The highest BCUT2D eigenvalue weighted by Gasteiger charge is 2.33. The molecule has 1 N–H and O–H groups in total. The monoisotopic (exact) mass is 326 g/mol. The first-order valence-corrected chi connectivity index (χ1v) is 8.04. The van der Waals surface area contributed by atoms with E-state index in [4.69, 9.17) is 9.47 Å². The Morgan fingerprint density at radius 1 is 1.08 bits per heavy atom. The summed E-state index contributed by atoms with van der Waals surface area (Å²) in [4.78, 5) is 14.8. The van der Waals surface area contributed by atoms with Crippen molar-refractivity contribution in [3.63, 3.8) is 0 Å². The number of amides is 1. The molecule has 126 valence electrons. The van der Waals surface area contributed by atoms with Gasteiger partial charge in [-0.3, -0.25) is 4.79 Å². The molecule has 0 radical (unpaired) electrons. The minimum absolute atomic E-state index is 0.0244. The molecule has 0 aromatic heterocycles. The molecule has 3 rings (SSSR count). The second-order valence-corrected chi connectivity index (χ2v) is 5.68. The van der Waals surface area contributed by atoms with Crippen LogP contribution in [-0.2, 0) is 4.74 Å². The van der Waals surface area contributed by atoms with Gasteiger partial charge >= 0.3 is 0 Å². The van der Waals surface area contributed by atoms with E-state index in [9.17, 15) is 4.79 Å². The van der Waals surface area contributed by atoms with Crippen LogP contribution in [0.3, 0.4) is 0 Å². The van der Waals surface area contributed by atoms with Crippen LogP contribution in [0.15, 0.2) is 48.5 Å². The van der Waals surface area contributed by atoms with Gasteiger partial charge in [-0.1, -0.05) is 30.3 Å². The van der Waals surface area contributed by atoms with Gasteiger partial charge in [0.15, 0.2) is 0 Å². The number of carbonyl (C=O) groups excluding carboxylic acids is 1. The number of nitrogens with zero attached hydrogens (tertiary/aromatic N) is 1. The Hall–Kier alpha value is -2.53. The van der Waals surface area contributed by atoms with Crippen LogP contribution >= 0.6 is 0 Å². The fourth-order valence-corrected chi connectivity index (χ4v) is 3.04. The number of rotatable bonds is 6. The first-order chi connectivity index (χ1) is 11.8. The summed E-state index contributed by atoms with van der Waals surface area (Å²) in [5.74, 6) is 0.787. The van der Waals surface area contributed by atoms with E-state index in [1.165, 1.54) is 0 Å². The maximum absolute atomic E-state index is 13.0. The van der Waals surface area contributed by atoms with Crippen molar-refractivity contribution < 1.29 is 14.3 Å². The molecule has 5 heteroatoms. The van der Waals surface area contributed by atoms with E-state index in [2.05, 4.69) is 5.32 Å². The number of hydrogen-bond acceptors (Lipinski definition) is 4. The first-order valence-electron chi connectivity index (χ1n) is 8.04. The van der Waals surface area contributed by atoms with E-state index in [1.807, 2.05) is 53.4 Å². The summed E-state index contributed by atoms with van der Waals surface area (Å²) in [5, 5.41) is 3.48. The van der Waals surface area contributed by atoms with Crippen molar-refractivity contribution >= 4 is 11.6 Å². The molecule has 1 atom stereocenters. The van der Waals surface area contributed by atoms with Crippen molar-refractivity contribution in [2.45, 2.75) is 12.6 Å². The number of methoxy groups -OCH3 is 2. The lowest BCUT2D eigenvalue weighted by molar-refractivity contribution is 0.0658. The number of hydrogen-bond donors (Lipinski definition) is 1. The third kappa shape index (κ3) is 3.08. The number of nitrogens with one attached hydrogen (secondary N) is 1. The summed E-state index contributed by atoms with van der Waals surface area (Å²) in [6.07, 6.45) is 0.512. The molecular weight excluding hydrogens is 304 g/mol. The molecule has 1 heterocycles. The molecule has 0 fully saturated rings. The zero-order valence-electron chi connectivity index (χ0n) is 14.0. The van der Waals surface area contributed by atoms with Crippen molar-refractivity contribution in [1.82, 2.24) is 4.90 Å². The van der Waals surface area contributed by atoms with Gasteiger partial charge in [0.25, 0.3) is 5.91 Å². The highest BCUT2D eigenvalue weighted by molar-refractivity contribution is 6.01. The number of ether oxygens (including phenoxy) is 2. The van der Waals surface area contributed by atoms with Crippen LogP contribution in [0.4, 0.5) is 5.69 Å². The smallest absolute Gasteiger partial charge is 0.257 e. The van der Waals surface area contributed by atoms with Crippen molar-refractivity contribution in [2.75, 3.05) is 32.7 Å². The molecule has 24 heavy (non-hydrogen) atoms. The number of benzene rings is 2. The Balaban J connectivity index is 1.99. The minimum atomic E-state index is -0.264. The summed E-state index contributed by atoms with van der Waals surface area (Å²) in [7, 11) is 3.32. The van der Waals surface area contributed by atoms with E-state index >= 15 is 0 Å². The van der Waals surface area contributed by atoms with E-state index in [0.29, 0.717) is 18.7 Å². The molecule has 2 aromatic carbocycles. The molecule has 0 saturated carbocycles. The Bertz CT molecular complexity index is 717. The van der Waals surface area contributed by atoms with Crippen LogP contribution in [-0.4, -0.2) is 38.2 Å². The van der Waals surface area contributed by atoms with E-state index in [1.54, 1.807) is 14.2 Å². The van der Waals surface area contributed by atoms with Crippen molar-refractivity contribution in [3.8, 4) is 5.75 Å². The summed E-state index contributed by atoms with van der Waals surface area (Å²) < 4.78 is 10.6. The quantitative estimate of drug-likeness (QED) is 0.828. The molecule has 1 aliphatic heterocycles. The normalized spacial score (nSPS) is 16.5. The highest BCUT2D eigenvalue weighted by Crippen LogP contribution is 2.36. The fourth-order valence-electron chi connectivity index (χ4n) is 3.04. The van der Waals surface area contributed by atoms with Crippen LogP contribution in [0.5, 0.6) is 5.75 Å². The van der Waals surface area contributed by atoms with E-state index in [-0.39, 0.29) is 12.1 Å². The minimum Gasteiger partial charge on any atom is -0.496 e. The molecule has 0 aliphatic carbocycles. The topological polar surface area (TPSA) is 50.8 Å². The molecule has 2 aromatic rings. The SMILES string of the molecule is COCCCN1C(=O)c2ccccc2NC1c1ccccc1OC. The van der Waals surface area contributed by atoms with Crippen molar-refractivity contribution in [2.24, 2.45) is 0 Å². The molecule has 1 amide bonds. The molecule has 1 aliphatic rings. The van der Waals surface area contributed by atoms with Crippen molar-refractivity contribution in [1.29, 1.82) is 0 Å². The second-order valence-electron chi connectivity index (χ2n) is 5.68. The van der Waals surface area contributed by atoms with Gasteiger partial charge < -0.3 is 19.7 Å². The third-order valence-electron chi connectivity index (χ3n) is 4.20. The first kappa shape index (κ1) is 16.3. The van der Waals surface area contributed by atoms with E-state index in [0.717, 1.165) is 23.4 Å². The molecule has 1 unspecified atom stereocenters. The van der Waals surface area contributed by atoms with E-state index < -0.39 is 0 Å². The Kier molecular flexibility index (Phi) is 5.01. The maximum atomic E-state index is 13.0. The van der Waals surface area contributed by atoms with Gasteiger partial charge in [-0.2, -0.15) is 0 Å². The van der Waals surface area contributed by atoms with Gasteiger partial charge in [-0.15, -0.1) is 0 Å². The Morgan fingerprint density at radius 3 is 2.62 bits per heavy atom. The fraction of sp³-hybridized carbons (Fsp3) is 0.316. The lowest BCUT2D eigenvalue weighted by Crippen LogP contribution is -2.43. The molecular formula is C19H22N2O3. The maximum Gasteiger partial charge on any atom is 0.257 e. The van der Waals surface area contributed by atoms with Crippen molar-refractivity contribution in [3.05, 3.63) is 59.7 Å². The molecule has 0 bridgehead atoms. The number of para-hydroxylation sites is 2. The van der Waals surface area contributed by atoms with Gasteiger partial charge in [0, 0.05) is 31.5 Å². The zero-order valence-corrected chi connectivity index (χ0v) is 14.0. The van der Waals surface area contributed by atoms with Crippen LogP contribution < -0.4 is 10.1 Å². The molecule has 0 spiro atoms. The number of fused-ring (bicyclic) bond motifs is 1. The Labute approximate surface area is 142 Å². The number of anilines is 1. The van der Waals surface area contributed by atoms with Crippen LogP contribution in [0.25, 0.3) is 0 Å². The number of carbonyl (C=O) groups is 1. The third-order valence-corrected chi connectivity index (χ3v) is 4.20. The lowest BCUT2D eigenvalue weighted by atomic mass is 10.0. The van der Waals surface area contributed by atoms with Gasteiger partial charge in [0.05, 0.1) is 12.7 Å². The van der Waals surface area contributed by atoms with Gasteiger partial charge in [0.1, 0.15) is 11.9 Å². The highest BCUT2D eigenvalue weighted by atomic mass is 16.5. The van der Waals surface area contributed by atoms with Gasteiger partial charge in [0.2, 0.25) is 0 Å². The second kappa shape index (κ2) is 7.36. The predicted molar refractivity (Wildman–Crippen MR) is 93.3 cm³/mol. The van der Waals surface area contributed by atoms with Crippen LogP contribution in [0.1, 0.15) is 28.5 Å². The average molecular weight is 326 g/mol. The van der Waals surface area contributed by atoms with Crippen LogP contribution in [0.2, 0.25) is 0 Å². The summed E-state index contributed by atoms with van der Waals surface area (Å²) >= 11 is 0. The van der Waals surface area contributed by atoms with Gasteiger partial charge in [-0.25, -0.2) is 0 Å². The van der Waals surface area contributed by atoms with Crippen LogP contribution in [0, 0.1) is 0 Å². The standard InChI is InChI=1S/C19H22N2O3/c1-23-13-7-12-21-18(15-9-4-6-11-17(15)24-2)20-16-10-5-3-8-14(16)19(21)22/h3-6,8-11,18,20H,7,12-13H2,1-2H3. The molecule has 0 saturated heterocycles. The molecule has 5 nitrogen and oxygen atoms in total. The van der Waals surface area contributed by atoms with Gasteiger partial charge in [-0.05, 0) is 24.6 Å².